The number of aliphatic hydroxyl groups is 1. The van der Waals surface area contributed by atoms with Crippen LogP contribution in [-0.2, 0) is 0 Å². The zero-order valence-corrected chi connectivity index (χ0v) is 20.8. The summed E-state index contributed by atoms with van der Waals surface area (Å²) in [6.07, 6.45) is 19.6. The zero-order chi connectivity index (χ0) is 21.5. The highest BCUT2D eigenvalue weighted by Gasteiger charge is 2.57. The lowest BCUT2D eigenvalue weighted by atomic mass is 9.48. The Morgan fingerprint density at radius 3 is 2.40 bits per heavy atom. The van der Waals surface area contributed by atoms with Crippen molar-refractivity contribution in [2.45, 2.75) is 112 Å². The first-order valence-electron chi connectivity index (χ1n) is 13.6. The molecule has 0 aromatic carbocycles. The molecular weight excluding hydrogens is 364 g/mol. The summed E-state index contributed by atoms with van der Waals surface area (Å²) in [5.41, 5.74) is 3.09. The van der Waals surface area contributed by atoms with E-state index in [4.69, 9.17) is 0 Å². The molecule has 4 rings (SSSR count). The third kappa shape index (κ3) is 3.84. The van der Waals surface area contributed by atoms with Crippen molar-refractivity contribution in [1.29, 1.82) is 0 Å². The van der Waals surface area contributed by atoms with Crippen molar-refractivity contribution in [3.8, 4) is 0 Å². The smallest absolute Gasteiger partial charge is 0.0433 e. The Kier molecular flexibility index (Phi) is 6.80. The van der Waals surface area contributed by atoms with Gasteiger partial charge in [0.15, 0.2) is 0 Å². The van der Waals surface area contributed by atoms with Gasteiger partial charge in [-0.2, -0.15) is 0 Å². The van der Waals surface area contributed by atoms with Gasteiger partial charge in [0.05, 0.1) is 0 Å². The lowest BCUT2D eigenvalue weighted by Gasteiger charge is -2.57. The van der Waals surface area contributed by atoms with E-state index in [0.29, 0.717) is 29.3 Å². The zero-order valence-electron chi connectivity index (χ0n) is 20.8. The first kappa shape index (κ1) is 22.9. The molecular formula is C29H50O. The molecule has 0 heterocycles. The fraction of sp³-hybridized carbons (Fsp3) is 0.931. The summed E-state index contributed by atoms with van der Waals surface area (Å²) in [6.45, 7) is 13.0. The van der Waals surface area contributed by atoms with Crippen molar-refractivity contribution in [3.63, 3.8) is 0 Å². The summed E-state index contributed by atoms with van der Waals surface area (Å²) >= 11 is 0. The molecule has 3 fully saturated rings. The van der Waals surface area contributed by atoms with E-state index in [1.807, 2.05) is 5.57 Å². The van der Waals surface area contributed by atoms with E-state index < -0.39 is 0 Å². The minimum atomic E-state index is 0.357. The van der Waals surface area contributed by atoms with Crippen molar-refractivity contribution < 1.29 is 5.11 Å². The number of hydrogen-bond donors (Lipinski definition) is 1. The van der Waals surface area contributed by atoms with Crippen LogP contribution in [0.1, 0.15) is 112 Å². The van der Waals surface area contributed by atoms with Gasteiger partial charge in [0.1, 0.15) is 0 Å². The molecule has 0 aliphatic heterocycles. The Labute approximate surface area is 187 Å². The minimum Gasteiger partial charge on any atom is -0.396 e. The summed E-state index contributed by atoms with van der Waals surface area (Å²) in [5.74, 6) is 5.88. The van der Waals surface area contributed by atoms with Crippen molar-refractivity contribution in [2.24, 2.45) is 52.3 Å². The molecule has 1 N–H and O–H groups in total. The summed E-state index contributed by atoms with van der Waals surface area (Å²) in [7, 11) is 0. The van der Waals surface area contributed by atoms with Gasteiger partial charge < -0.3 is 5.11 Å². The van der Waals surface area contributed by atoms with Crippen LogP contribution in [0, 0.1) is 52.3 Å². The quantitative estimate of drug-likeness (QED) is 0.418. The second-order valence-corrected chi connectivity index (χ2v) is 12.8. The van der Waals surface area contributed by atoms with E-state index in [2.05, 4.69) is 40.7 Å². The maximum atomic E-state index is 9.46. The molecule has 8 unspecified atom stereocenters. The molecule has 8 atom stereocenters. The minimum absolute atomic E-state index is 0.357. The highest BCUT2D eigenvalue weighted by atomic mass is 16.3. The van der Waals surface area contributed by atoms with Gasteiger partial charge in [-0.25, -0.2) is 0 Å². The summed E-state index contributed by atoms with van der Waals surface area (Å²) in [5, 5.41) is 9.46. The molecule has 1 nitrogen and oxygen atoms in total. The van der Waals surface area contributed by atoms with Gasteiger partial charge in [0.2, 0.25) is 0 Å². The second-order valence-electron chi connectivity index (χ2n) is 12.8. The first-order chi connectivity index (χ1) is 14.3. The topological polar surface area (TPSA) is 20.2 Å². The Balaban J connectivity index is 1.46. The number of fused-ring (bicyclic) bond motifs is 5. The van der Waals surface area contributed by atoms with Crippen LogP contribution >= 0.6 is 0 Å². The summed E-state index contributed by atoms with van der Waals surface area (Å²) in [6, 6.07) is 0. The van der Waals surface area contributed by atoms with Crippen molar-refractivity contribution in [3.05, 3.63) is 11.6 Å². The van der Waals surface area contributed by atoms with Crippen LogP contribution < -0.4 is 0 Å². The number of allylic oxidation sites excluding steroid dienone is 2. The van der Waals surface area contributed by atoms with Gasteiger partial charge in [-0.1, -0.05) is 65.5 Å². The Bertz CT molecular complexity index is 620. The third-order valence-corrected chi connectivity index (χ3v) is 11.2. The normalized spacial score (nSPS) is 42.8. The van der Waals surface area contributed by atoms with Gasteiger partial charge in [-0.05, 0) is 110 Å². The van der Waals surface area contributed by atoms with Crippen LogP contribution in [0.3, 0.4) is 0 Å². The van der Waals surface area contributed by atoms with Gasteiger partial charge in [-0.3, -0.25) is 0 Å². The third-order valence-electron chi connectivity index (χ3n) is 11.2. The molecule has 30 heavy (non-hydrogen) atoms. The molecule has 0 aromatic heterocycles. The average molecular weight is 415 g/mol. The molecule has 1 heteroatoms. The predicted octanol–water partition coefficient (Wildman–Crippen LogP) is 8.03. The maximum absolute atomic E-state index is 9.46. The van der Waals surface area contributed by atoms with Crippen LogP contribution in [0.4, 0.5) is 0 Å². The lowest BCUT2D eigenvalue weighted by Crippen LogP contribution is -2.48. The number of rotatable bonds is 7. The molecule has 0 aromatic rings. The monoisotopic (exact) mass is 414 g/mol. The molecule has 0 bridgehead atoms. The molecule has 4 aliphatic carbocycles. The van der Waals surface area contributed by atoms with Gasteiger partial charge in [-0.15, -0.1) is 0 Å². The number of aliphatic hydroxyl groups excluding tert-OH is 1. The van der Waals surface area contributed by atoms with Gasteiger partial charge in [0.25, 0.3) is 0 Å². The highest BCUT2D eigenvalue weighted by Crippen LogP contribution is 2.67. The van der Waals surface area contributed by atoms with Crippen molar-refractivity contribution in [1.82, 2.24) is 0 Å². The molecule has 0 saturated heterocycles. The molecule has 0 amide bonds. The van der Waals surface area contributed by atoms with Gasteiger partial charge >= 0.3 is 0 Å². The fourth-order valence-corrected chi connectivity index (χ4v) is 9.18. The molecule has 3 saturated carbocycles. The molecule has 0 spiro atoms. The van der Waals surface area contributed by atoms with E-state index in [1.54, 1.807) is 0 Å². The van der Waals surface area contributed by atoms with Gasteiger partial charge in [0, 0.05) is 6.61 Å². The predicted molar refractivity (Wildman–Crippen MR) is 128 cm³/mol. The maximum Gasteiger partial charge on any atom is 0.0433 e. The van der Waals surface area contributed by atoms with E-state index in [9.17, 15) is 5.11 Å². The van der Waals surface area contributed by atoms with E-state index in [1.165, 1.54) is 70.6 Å². The lowest BCUT2D eigenvalue weighted by molar-refractivity contribution is -0.00838. The second kappa shape index (κ2) is 8.92. The van der Waals surface area contributed by atoms with Crippen LogP contribution in [0.25, 0.3) is 0 Å². The Morgan fingerprint density at radius 1 is 0.900 bits per heavy atom. The average Bonchev–Trinajstić information content (AvgIpc) is 3.07. The highest BCUT2D eigenvalue weighted by molar-refractivity contribution is 5.27. The van der Waals surface area contributed by atoms with E-state index in [-0.39, 0.29) is 0 Å². The van der Waals surface area contributed by atoms with Crippen molar-refractivity contribution >= 4 is 0 Å². The summed E-state index contributed by atoms with van der Waals surface area (Å²) < 4.78 is 0. The largest absolute Gasteiger partial charge is 0.396 e. The van der Waals surface area contributed by atoms with Crippen LogP contribution in [0.5, 0.6) is 0 Å². The number of hydrogen-bond acceptors (Lipinski definition) is 1. The van der Waals surface area contributed by atoms with Crippen LogP contribution in [0.2, 0.25) is 0 Å². The fourth-order valence-electron chi connectivity index (χ4n) is 9.18. The SMILES string of the molecule is CC(C)C(CCO)CCC(C)C1CCC2C3=CCC4CCCCC4(C)C3CCC21C. The Morgan fingerprint density at radius 2 is 1.67 bits per heavy atom. The molecule has 0 radical (unpaired) electrons. The standard InChI is InChI=1S/C29H50O/c1-20(2)22(16-19-30)10-9-21(3)25-13-14-26-24-12-11-23-8-6-7-17-28(23,4)27(24)15-18-29(25,26)5/h12,20-23,25-27,30H,6-11,13-19H2,1-5H3. The van der Waals surface area contributed by atoms with E-state index in [0.717, 1.165) is 36.0 Å². The summed E-state index contributed by atoms with van der Waals surface area (Å²) in [4.78, 5) is 0. The molecule has 4 aliphatic rings. The molecule has 172 valence electrons. The van der Waals surface area contributed by atoms with Crippen molar-refractivity contribution in [2.75, 3.05) is 6.61 Å². The van der Waals surface area contributed by atoms with E-state index >= 15 is 0 Å². The first-order valence-corrected chi connectivity index (χ1v) is 13.6. The van der Waals surface area contributed by atoms with Crippen LogP contribution in [0.15, 0.2) is 11.6 Å². The Hall–Kier alpha value is -0.300. The van der Waals surface area contributed by atoms with Crippen LogP contribution in [-0.4, -0.2) is 11.7 Å².